The summed E-state index contributed by atoms with van der Waals surface area (Å²) in [6, 6.07) is -2.46. The SMILES string of the molecule is CC(C)CF.CCC(C)(C)C(CC(=O)N1CCC[C@H]1C(=O)NC(CC1CCC1)C(=O)C(N)=O)NC(=O)NC. The maximum atomic E-state index is 13.2. The maximum Gasteiger partial charge on any atom is 0.314 e. The summed E-state index contributed by atoms with van der Waals surface area (Å²) in [5, 5.41) is 8.07. The van der Waals surface area contributed by atoms with Crippen molar-refractivity contribution in [3.05, 3.63) is 0 Å². The van der Waals surface area contributed by atoms with Crippen LogP contribution in [0.1, 0.15) is 86.0 Å². The molecule has 1 aliphatic carbocycles. The van der Waals surface area contributed by atoms with E-state index in [1.165, 1.54) is 11.9 Å². The number of ketones is 1. The van der Waals surface area contributed by atoms with Gasteiger partial charge >= 0.3 is 6.03 Å². The van der Waals surface area contributed by atoms with Crippen LogP contribution in [0.3, 0.4) is 0 Å². The van der Waals surface area contributed by atoms with Crippen molar-refractivity contribution in [1.29, 1.82) is 0 Å². The highest BCUT2D eigenvalue weighted by molar-refractivity contribution is 6.37. The normalized spacial score (nSPS) is 18.9. The van der Waals surface area contributed by atoms with Crippen LogP contribution in [-0.4, -0.2) is 72.8 Å². The van der Waals surface area contributed by atoms with Crippen LogP contribution >= 0.6 is 0 Å². The molecule has 38 heavy (non-hydrogen) atoms. The van der Waals surface area contributed by atoms with Gasteiger partial charge in [0.1, 0.15) is 6.04 Å². The van der Waals surface area contributed by atoms with E-state index in [1.54, 1.807) is 0 Å². The molecule has 0 spiro atoms. The Balaban J connectivity index is 0.00000132. The van der Waals surface area contributed by atoms with Crippen molar-refractivity contribution in [2.75, 3.05) is 20.3 Å². The zero-order chi connectivity index (χ0) is 29.0. The van der Waals surface area contributed by atoms with Crippen LogP contribution in [-0.2, 0) is 19.2 Å². The number of nitrogens with zero attached hydrogens (tertiary/aromatic N) is 1. The number of amides is 5. The van der Waals surface area contributed by atoms with Crippen LogP contribution in [0.25, 0.3) is 0 Å². The number of nitrogens with two attached hydrogens (primary N) is 1. The average molecular weight is 542 g/mol. The minimum atomic E-state index is -1.07. The van der Waals surface area contributed by atoms with Gasteiger partial charge in [-0.05, 0) is 42.9 Å². The van der Waals surface area contributed by atoms with E-state index in [9.17, 15) is 28.4 Å². The molecule has 5 N–H and O–H groups in total. The summed E-state index contributed by atoms with van der Waals surface area (Å²) < 4.78 is 11.1. The molecule has 1 heterocycles. The van der Waals surface area contributed by atoms with Crippen molar-refractivity contribution in [3.63, 3.8) is 0 Å². The van der Waals surface area contributed by atoms with E-state index in [2.05, 4.69) is 16.0 Å². The number of urea groups is 1. The zero-order valence-corrected chi connectivity index (χ0v) is 23.9. The Morgan fingerprint density at radius 3 is 2.11 bits per heavy atom. The number of Topliss-reactive ketones (excluding diaryl/α,β-unsaturated/α-hetero) is 1. The van der Waals surface area contributed by atoms with E-state index in [1.807, 2.05) is 34.6 Å². The highest BCUT2D eigenvalue weighted by Crippen LogP contribution is 2.31. The molecule has 0 aromatic rings. The highest BCUT2D eigenvalue weighted by Gasteiger charge is 2.39. The van der Waals surface area contributed by atoms with Gasteiger partial charge < -0.3 is 26.6 Å². The number of nitrogens with one attached hydrogen (secondary N) is 3. The molecule has 5 amide bonds. The van der Waals surface area contributed by atoms with Crippen LogP contribution < -0.4 is 21.7 Å². The van der Waals surface area contributed by atoms with Gasteiger partial charge in [0.25, 0.3) is 5.91 Å². The molecule has 218 valence electrons. The number of hydrogen-bond donors (Lipinski definition) is 4. The van der Waals surface area contributed by atoms with Crippen LogP contribution in [0.15, 0.2) is 0 Å². The summed E-state index contributed by atoms with van der Waals surface area (Å²) in [4.78, 5) is 63.5. The fourth-order valence-electron chi connectivity index (χ4n) is 4.36. The number of rotatable bonds is 12. The zero-order valence-electron chi connectivity index (χ0n) is 23.9. The summed E-state index contributed by atoms with van der Waals surface area (Å²) in [6.45, 7) is 9.88. The second kappa shape index (κ2) is 15.6. The van der Waals surface area contributed by atoms with Gasteiger partial charge in [-0.25, -0.2) is 4.79 Å². The number of halogens is 1. The Hall–Kier alpha value is -2.72. The molecule has 0 radical (unpaired) electrons. The summed E-state index contributed by atoms with van der Waals surface area (Å²) in [5.41, 5.74) is 4.86. The minimum absolute atomic E-state index is 0.0593. The lowest BCUT2D eigenvalue weighted by Gasteiger charge is -2.35. The number of carbonyl (C=O) groups is 5. The number of carbonyl (C=O) groups excluding carboxylic acids is 5. The van der Waals surface area contributed by atoms with Gasteiger partial charge in [0.05, 0.1) is 12.7 Å². The van der Waals surface area contributed by atoms with Crippen molar-refractivity contribution >= 4 is 29.5 Å². The molecule has 0 aromatic heterocycles. The fraction of sp³-hybridized carbons (Fsp3) is 0.815. The molecule has 11 heteroatoms. The lowest BCUT2D eigenvalue weighted by Crippen LogP contribution is -2.55. The van der Waals surface area contributed by atoms with Crippen molar-refractivity contribution in [2.45, 2.75) is 104 Å². The average Bonchev–Trinajstić information content (AvgIpc) is 3.34. The lowest BCUT2D eigenvalue weighted by atomic mass is 9.80. The van der Waals surface area contributed by atoms with E-state index in [0.717, 1.165) is 25.7 Å². The Labute approximate surface area is 226 Å². The van der Waals surface area contributed by atoms with Crippen molar-refractivity contribution in [2.24, 2.45) is 23.0 Å². The first kappa shape index (κ1) is 33.3. The van der Waals surface area contributed by atoms with Gasteiger partial charge in [0.2, 0.25) is 17.6 Å². The highest BCUT2D eigenvalue weighted by atomic mass is 19.1. The molecule has 2 aliphatic rings. The first-order valence-electron chi connectivity index (χ1n) is 13.7. The summed E-state index contributed by atoms with van der Waals surface area (Å²) in [5.74, 6) is -2.03. The third-order valence-corrected chi connectivity index (χ3v) is 7.62. The standard InChI is InChI=1S/C23H39N5O5.C4H9F/c1-5-23(2,3)17(27-22(33)25-4)13-18(29)28-11-7-10-16(28)21(32)26-15(19(30)20(24)31)12-14-8-6-9-14;1-4(2)3-5/h14-17H,5-13H2,1-4H3,(H2,24,31)(H,26,32)(H2,25,27,33);4H,3H2,1-2H3/t15?,16-,17?;/m0./s1. The number of likely N-dealkylation sites (tertiary alicyclic amines) is 1. The van der Waals surface area contributed by atoms with Crippen LogP contribution in [0.2, 0.25) is 0 Å². The Kier molecular flexibility index (Phi) is 13.7. The molecule has 0 bridgehead atoms. The fourth-order valence-corrected chi connectivity index (χ4v) is 4.36. The third kappa shape index (κ3) is 10.2. The maximum absolute atomic E-state index is 13.2. The van der Waals surface area contributed by atoms with E-state index in [0.29, 0.717) is 25.8 Å². The second-order valence-electron chi connectivity index (χ2n) is 11.4. The van der Waals surface area contributed by atoms with Crippen molar-refractivity contribution < 1.29 is 28.4 Å². The molecule has 2 fully saturated rings. The van der Waals surface area contributed by atoms with Crippen LogP contribution in [0.5, 0.6) is 0 Å². The minimum Gasteiger partial charge on any atom is -0.363 e. The van der Waals surface area contributed by atoms with Gasteiger partial charge in [-0.15, -0.1) is 0 Å². The third-order valence-electron chi connectivity index (χ3n) is 7.62. The van der Waals surface area contributed by atoms with Crippen LogP contribution in [0.4, 0.5) is 9.18 Å². The molecule has 1 saturated carbocycles. The number of alkyl halides is 1. The molecule has 1 aliphatic heterocycles. The van der Waals surface area contributed by atoms with Gasteiger partial charge in [0.15, 0.2) is 0 Å². The van der Waals surface area contributed by atoms with E-state index in [4.69, 9.17) is 5.73 Å². The molecule has 2 unspecified atom stereocenters. The topological polar surface area (TPSA) is 151 Å². The second-order valence-corrected chi connectivity index (χ2v) is 11.4. The molecular formula is C27H48FN5O5. The molecule has 10 nitrogen and oxygen atoms in total. The Morgan fingerprint density at radius 2 is 1.66 bits per heavy atom. The molecule has 3 atom stereocenters. The van der Waals surface area contributed by atoms with E-state index in [-0.39, 0.29) is 42.3 Å². The number of primary amides is 1. The molecule has 2 rings (SSSR count). The van der Waals surface area contributed by atoms with Gasteiger partial charge in [0, 0.05) is 26.1 Å². The van der Waals surface area contributed by atoms with Gasteiger partial charge in [-0.2, -0.15) is 0 Å². The van der Waals surface area contributed by atoms with Crippen LogP contribution in [0, 0.1) is 17.3 Å². The van der Waals surface area contributed by atoms with E-state index >= 15 is 0 Å². The quantitative estimate of drug-likeness (QED) is 0.280. The largest absolute Gasteiger partial charge is 0.363 e. The predicted octanol–water partition coefficient (Wildman–Crippen LogP) is 2.44. The smallest absolute Gasteiger partial charge is 0.314 e. The first-order valence-corrected chi connectivity index (χ1v) is 13.7. The van der Waals surface area contributed by atoms with Crippen molar-refractivity contribution in [1.82, 2.24) is 20.9 Å². The Morgan fingerprint density at radius 1 is 1.05 bits per heavy atom. The van der Waals surface area contributed by atoms with Gasteiger partial charge in [-0.3, -0.25) is 23.6 Å². The molecular weight excluding hydrogens is 493 g/mol. The predicted molar refractivity (Wildman–Crippen MR) is 144 cm³/mol. The number of hydrogen-bond acceptors (Lipinski definition) is 5. The summed E-state index contributed by atoms with van der Waals surface area (Å²) in [7, 11) is 1.52. The van der Waals surface area contributed by atoms with Gasteiger partial charge in [-0.1, -0.05) is 53.9 Å². The molecule has 1 saturated heterocycles. The summed E-state index contributed by atoms with van der Waals surface area (Å²) in [6.07, 6.45) is 5.31. The lowest BCUT2D eigenvalue weighted by molar-refractivity contribution is -0.142. The Bertz CT molecular complexity index is 831. The summed E-state index contributed by atoms with van der Waals surface area (Å²) >= 11 is 0. The first-order chi connectivity index (χ1) is 17.8. The van der Waals surface area contributed by atoms with Crippen molar-refractivity contribution in [3.8, 4) is 0 Å². The van der Waals surface area contributed by atoms with E-state index < -0.39 is 35.7 Å². The monoisotopic (exact) mass is 541 g/mol. The molecule has 0 aromatic carbocycles.